The van der Waals surface area contributed by atoms with Crippen molar-refractivity contribution in [1.82, 2.24) is 19.8 Å². The van der Waals surface area contributed by atoms with Gasteiger partial charge < -0.3 is 20.4 Å². The SMILES string of the molecule is CN1CCN(CCCNc2nc(Nc3ccc(Cl)c(Cl)c3)ncc2C(F)(F)F)CC1. The molecule has 30 heavy (non-hydrogen) atoms. The molecule has 0 amide bonds. The Bertz CT molecular complexity index is 857. The lowest BCUT2D eigenvalue weighted by molar-refractivity contribution is -0.137. The fraction of sp³-hybridized carbons (Fsp3) is 0.474. The first-order chi connectivity index (χ1) is 14.2. The zero-order valence-corrected chi connectivity index (χ0v) is 17.9. The summed E-state index contributed by atoms with van der Waals surface area (Å²) in [4.78, 5) is 12.4. The highest BCUT2D eigenvalue weighted by Gasteiger charge is 2.35. The quantitative estimate of drug-likeness (QED) is 0.586. The van der Waals surface area contributed by atoms with E-state index < -0.39 is 11.7 Å². The third-order valence-electron chi connectivity index (χ3n) is 4.81. The van der Waals surface area contributed by atoms with Gasteiger partial charge in [-0.15, -0.1) is 0 Å². The van der Waals surface area contributed by atoms with Crippen LogP contribution in [0.1, 0.15) is 12.0 Å². The van der Waals surface area contributed by atoms with Gasteiger partial charge in [-0.2, -0.15) is 18.2 Å². The molecular formula is C19H23Cl2F3N6. The highest BCUT2D eigenvalue weighted by atomic mass is 35.5. The number of benzene rings is 1. The molecule has 2 N–H and O–H groups in total. The molecule has 3 rings (SSSR count). The Balaban J connectivity index is 1.64. The largest absolute Gasteiger partial charge is 0.421 e. The average molecular weight is 463 g/mol. The van der Waals surface area contributed by atoms with E-state index in [1.165, 1.54) is 0 Å². The molecule has 0 spiro atoms. The van der Waals surface area contributed by atoms with E-state index in [4.69, 9.17) is 23.2 Å². The molecule has 0 radical (unpaired) electrons. The van der Waals surface area contributed by atoms with Crippen LogP contribution < -0.4 is 10.6 Å². The molecule has 0 bridgehead atoms. The van der Waals surface area contributed by atoms with E-state index in [2.05, 4.69) is 37.4 Å². The predicted molar refractivity (Wildman–Crippen MR) is 114 cm³/mol. The summed E-state index contributed by atoms with van der Waals surface area (Å²) in [5.41, 5.74) is -0.382. The van der Waals surface area contributed by atoms with Crippen molar-refractivity contribution in [3.05, 3.63) is 40.0 Å². The third kappa shape index (κ3) is 6.34. The number of nitrogens with zero attached hydrogens (tertiary/aromatic N) is 4. The molecule has 0 saturated carbocycles. The van der Waals surface area contributed by atoms with Crippen molar-refractivity contribution >= 4 is 40.7 Å². The number of hydrogen-bond acceptors (Lipinski definition) is 6. The topological polar surface area (TPSA) is 56.3 Å². The van der Waals surface area contributed by atoms with Crippen molar-refractivity contribution in [1.29, 1.82) is 0 Å². The predicted octanol–water partition coefficient (Wildman–Crippen LogP) is 4.60. The first-order valence-corrected chi connectivity index (χ1v) is 10.3. The summed E-state index contributed by atoms with van der Waals surface area (Å²) in [5.74, 6) is -0.221. The van der Waals surface area contributed by atoms with Gasteiger partial charge in [-0.25, -0.2) is 4.98 Å². The van der Waals surface area contributed by atoms with Gasteiger partial charge in [0.25, 0.3) is 0 Å². The Hall–Kier alpha value is -1.81. The second kappa shape index (κ2) is 10.00. The Morgan fingerprint density at radius 3 is 2.50 bits per heavy atom. The van der Waals surface area contributed by atoms with E-state index in [0.29, 0.717) is 28.7 Å². The summed E-state index contributed by atoms with van der Waals surface area (Å²) < 4.78 is 40.1. The maximum absolute atomic E-state index is 13.4. The van der Waals surface area contributed by atoms with E-state index in [9.17, 15) is 13.2 Å². The Morgan fingerprint density at radius 2 is 1.83 bits per heavy atom. The summed E-state index contributed by atoms with van der Waals surface area (Å²) in [6.07, 6.45) is -3.07. The fourth-order valence-corrected chi connectivity index (χ4v) is 3.37. The zero-order chi connectivity index (χ0) is 21.7. The van der Waals surface area contributed by atoms with Crippen LogP contribution in [-0.4, -0.2) is 66.1 Å². The first kappa shape index (κ1) is 22.9. The highest BCUT2D eigenvalue weighted by molar-refractivity contribution is 6.42. The van der Waals surface area contributed by atoms with Gasteiger partial charge in [-0.1, -0.05) is 23.2 Å². The molecule has 2 aromatic rings. The number of piperazine rings is 1. The van der Waals surface area contributed by atoms with Crippen molar-refractivity contribution in [3.63, 3.8) is 0 Å². The third-order valence-corrected chi connectivity index (χ3v) is 5.55. The number of hydrogen-bond donors (Lipinski definition) is 2. The average Bonchev–Trinajstić information content (AvgIpc) is 2.69. The number of nitrogens with one attached hydrogen (secondary N) is 2. The lowest BCUT2D eigenvalue weighted by atomic mass is 10.2. The lowest BCUT2D eigenvalue weighted by Crippen LogP contribution is -2.44. The molecule has 1 aromatic heterocycles. The van der Waals surface area contributed by atoms with Crippen LogP contribution in [0.5, 0.6) is 0 Å². The number of alkyl halides is 3. The van der Waals surface area contributed by atoms with Crippen LogP contribution in [0.3, 0.4) is 0 Å². The maximum atomic E-state index is 13.4. The maximum Gasteiger partial charge on any atom is 0.421 e. The van der Waals surface area contributed by atoms with E-state index >= 15 is 0 Å². The summed E-state index contributed by atoms with van der Waals surface area (Å²) in [6, 6.07) is 4.76. The summed E-state index contributed by atoms with van der Waals surface area (Å²) in [6.45, 7) is 5.13. The number of rotatable bonds is 7. The van der Waals surface area contributed by atoms with Gasteiger partial charge in [0.05, 0.1) is 10.0 Å². The standard InChI is InChI=1S/C19H23Cl2F3N6/c1-29-7-9-30(10-8-29)6-2-5-25-17-14(19(22,23)24)12-26-18(28-17)27-13-3-4-15(20)16(21)11-13/h3-4,11-12H,2,5-10H2,1H3,(H2,25,26,27,28). The van der Waals surface area contributed by atoms with Gasteiger partial charge in [-0.3, -0.25) is 0 Å². The smallest absolute Gasteiger partial charge is 0.369 e. The van der Waals surface area contributed by atoms with Crippen LogP contribution >= 0.6 is 23.2 Å². The summed E-state index contributed by atoms with van der Waals surface area (Å²) >= 11 is 11.9. The monoisotopic (exact) mass is 462 g/mol. The molecule has 0 atom stereocenters. The van der Waals surface area contributed by atoms with Crippen LogP contribution in [0.25, 0.3) is 0 Å². The van der Waals surface area contributed by atoms with Crippen molar-refractivity contribution in [2.75, 3.05) is 56.9 Å². The van der Waals surface area contributed by atoms with Gasteiger partial charge in [0, 0.05) is 44.6 Å². The Labute approximate surface area is 183 Å². The summed E-state index contributed by atoms with van der Waals surface area (Å²) in [7, 11) is 2.08. The van der Waals surface area contributed by atoms with Gasteiger partial charge in [0.15, 0.2) is 0 Å². The van der Waals surface area contributed by atoms with Crippen molar-refractivity contribution < 1.29 is 13.2 Å². The van der Waals surface area contributed by atoms with Gasteiger partial charge in [0.2, 0.25) is 5.95 Å². The van der Waals surface area contributed by atoms with Gasteiger partial charge in [0.1, 0.15) is 11.4 Å². The molecule has 1 aliphatic heterocycles. The Kier molecular flexibility index (Phi) is 7.62. The second-order valence-electron chi connectivity index (χ2n) is 7.13. The van der Waals surface area contributed by atoms with Crippen molar-refractivity contribution in [2.24, 2.45) is 0 Å². The molecule has 11 heteroatoms. The minimum absolute atomic E-state index is 0.0305. The molecule has 1 fully saturated rings. The van der Waals surface area contributed by atoms with Crippen LogP contribution in [0.2, 0.25) is 10.0 Å². The zero-order valence-electron chi connectivity index (χ0n) is 16.4. The number of halogens is 5. The minimum Gasteiger partial charge on any atom is -0.369 e. The van der Waals surface area contributed by atoms with E-state index in [-0.39, 0.29) is 11.8 Å². The van der Waals surface area contributed by atoms with Crippen LogP contribution in [0, 0.1) is 0 Å². The normalized spacial score (nSPS) is 15.9. The second-order valence-corrected chi connectivity index (χ2v) is 7.95. The van der Waals surface area contributed by atoms with Crippen LogP contribution in [-0.2, 0) is 6.18 Å². The van der Waals surface area contributed by atoms with Gasteiger partial charge in [-0.05, 0) is 38.2 Å². The fourth-order valence-electron chi connectivity index (χ4n) is 3.07. The molecule has 0 aliphatic carbocycles. The van der Waals surface area contributed by atoms with Crippen LogP contribution in [0.4, 0.5) is 30.6 Å². The highest BCUT2D eigenvalue weighted by Crippen LogP contribution is 2.34. The molecular weight excluding hydrogens is 440 g/mol. The number of likely N-dealkylation sites (N-methyl/N-ethyl adjacent to an activating group) is 1. The molecule has 0 unspecified atom stereocenters. The van der Waals surface area contributed by atoms with E-state index in [1.807, 2.05) is 0 Å². The summed E-state index contributed by atoms with van der Waals surface area (Å²) in [5, 5.41) is 6.36. The molecule has 164 valence electrons. The van der Waals surface area contributed by atoms with Crippen LogP contribution in [0.15, 0.2) is 24.4 Å². The minimum atomic E-state index is -4.55. The first-order valence-electron chi connectivity index (χ1n) is 9.53. The lowest BCUT2D eigenvalue weighted by Gasteiger charge is -2.32. The van der Waals surface area contributed by atoms with E-state index in [1.54, 1.807) is 18.2 Å². The number of aromatic nitrogens is 2. The van der Waals surface area contributed by atoms with Crippen molar-refractivity contribution in [3.8, 4) is 0 Å². The molecule has 1 saturated heterocycles. The molecule has 1 aliphatic rings. The van der Waals surface area contributed by atoms with Crippen molar-refractivity contribution in [2.45, 2.75) is 12.6 Å². The Morgan fingerprint density at radius 1 is 1.10 bits per heavy atom. The molecule has 2 heterocycles. The van der Waals surface area contributed by atoms with E-state index in [0.717, 1.165) is 38.9 Å². The molecule has 1 aromatic carbocycles. The number of anilines is 3. The van der Waals surface area contributed by atoms with Gasteiger partial charge >= 0.3 is 6.18 Å². The molecule has 6 nitrogen and oxygen atoms in total.